The minimum absolute atomic E-state index is 0.388. The van der Waals surface area contributed by atoms with Crippen LogP contribution in [0.15, 0.2) is 48.8 Å². The van der Waals surface area contributed by atoms with Gasteiger partial charge in [-0.25, -0.2) is 19.2 Å². The number of aliphatic hydroxyl groups is 1. The minimum atomic E-state index is -0.773. The molecule has 1 aliphatic heterocycles. The highest BCUT2D eigenvalue weighted by atomic mass is 19.1. The predicted octanol–water partition coefficient (Wildman–Crippen LogP) is 5.45. The normalized spacial score (nSPS) is 19.6. The van der Waals surface area contributed by atoms with Crippen molar-refractivity contribution in [1.29, 1.82) is 0 Å². The number of aromatic nitrogens is 3. The molecule has 188 valence electrons. The maximum absolute atomic E-state index is 15.2. The molecular weight excluding hydrogens is 469 g/mol. The molecule has 0 saturated carbocycles. The molecule has 1 N–H and O–H groups in total. The fourth-order valence-electron chi connectivity index (χ4n) is 5.66. The largest absolute Gasteiger partial charge is 0.475 e. The summed E-state index contributed by atoms with van der Waals surface area (Å²) in [5, 5.41) is 10.3. The Bertz CT molecular complexity index is 1510. The van der Waals surface area contributed by atoms with Crippen LogP contribution in [0.5, 0.6) is 5.88 Å². The lowest BCUT2D eigenvalue weighted by Gasteiger charge is -2.29. The highest BCUT2D eigenvalue weighted by molar-refractivity contribution is 5.82. The fourth-order valence-corrected chi connectivity index (χ4v) is 5.66. The second kappa shape index (κ2) is 9.58. The number of benzene rings is 2. The van der Waals surface area contributed by atoms with Gasteiger partial charge in [-0.05, 0) is 62.5 Å². The van der Waals surface area contributed by atoms with Gasteiger partial charge in [-0.15, -0.1) is 0 Å². The molecule has 2 aromatic carbocycles. The molecule has 0 bridgehead atoms. The van der Waals surface area contributed by atoms with Crippen LogP contribution in [-0.2, 0) is 6.42 Å². The van der Waals surface area contributed by atoms with Crippen molar-refractivity contribution < 1.29 is 14.2 Å². The molecule has 1 aliphatic carbocycles. The molecule has 7 nitrogen and oxygen atoms in total. The molecule has 0 spiro atoms. The van der Waals surface area contributed by atoms with Gasteiger partial charge in [-0.1, -0.05) is 24.3 Å². The summed E-state index contributed by atoms with van der Waals surface area (Å²) in [7, 11) is 2.13. The van der Waals surface area contributed by atoms with Crippen molar-refractivity contribution >= 4 is 11.3 Å². The standard InChI is InChI=1S/C29H28FN5O2/c1-31-22-8-5-19(6-9-22)26-27(21-14-20-7-10-24(36)25(20)23(30)15-21)35-13-11-32-28(35)29(33-26)37-17-18-4-3-12-34(2)16-18/h5-6,8-9,11,13-15,18,24,36H,3-4,7,10,12,16-17H2,2H3/t18-,24?/m1/s1. The Labute approximate surface area is 215 Å². The number of hydrogen-bond donors (Lipinski definition) is 1. The Morgan fingerprint density at radius 1 is 1.19 bits per heavy atom. The van der Waals surface area contributed by atoms with E-state index in [1.165, 1.54) is 6.07 Å². The zero-order chi connectivity index (χ0) is 25.5. The van der Waals surface area contributed by atoms with Gasteiger partial charge in [-0.2, -0.15) is 0 Å². The highest BCUT2D eigenvalue weighted by Gasteiger charge is 2.27. The molecule has 3 heterocycles. The summed E-state index contributed by atoms with van der Waals surface area (Å²) in [6.07, 6.45) is 6.15. The van der Waals surface area contributed by atoms with E-state index in [1.807, 2.05) is 28.8 Å². The van der Waals surface area contributed by atoms with Crippen molar-refractivity contribution in [1.82, 2.24) is 19.3 Å². The highest BCUT2D eigenvalue weighted by Crippen LogP contribution is 2.40. The molecule has 1 unspecified atom stereocenters. The molecule has 37 heavy (non-hydrogen) atoms. The van der Waals surface area contributed by atoms with Crippen molar-refractivity contribution in [3.05, 3.63) is 77.2 Å². The summed E-state index contributed by atoms with van der Waals surface area (Å²) >= 11 is 0. The van der Waals surface area contributed by atoms with Crippen LogP contribution in [0.1, 0.15) is 36.5 Å². The van der Waals surface area contributed by atoms with Crippen molar-refractivity contribution in [2.45, 2.75) is 31.8 Å². The third kappa shape index (κ3) is 4.35. The van der Waals surface area contributed by atoms with E-state index in [1.54, 1.807) is 18.3 Å². The van der Waals surface area contributed by atoms with Crippen molar-refractivity contribution in [2.24, 2.45) is 5.92 Å². The van der Waals surface area contributed by atoms with Gasteiger partial charge in [0.15, 0.2) is 5.69 Å². The number of rotatable bonds is 5. The summed E-state index contributed by atoms with van der Waals surface area (Å²) in [5.41, 5.74) is 5.07. The summed E-state index contributed by atoms with van der Waals surface area (Å²) in [6, 6.07) is 10.6. The van der Waals surface area contributed by atoms with E-state index in [0.717, 1.165) is 37.1 Å². The van der Waals surface area contributed by atoms with Gasteiger partial charge in [0.25, 0.3) is 5.88 Å². The van der Waals surface area contributed by atoms with Crippen LogP contribution in [0, 0.1) is 18.3 Å². The Kier molecular flexibility index (Phi) is 6.11. The predicted molar refractivity (Wildman–Crippen MR) is 139 cm³/mol. The van der Waals surface area contributed by atoms with E-state index >= 15 is 4.39 Å². The number of likely N-dealkylation sites (tertiary alicyclic amines) is 1. The molecule has 1 fully saturated rings. The van der Waals surface area contributed by atoms with Crippen LogP contribution in [0.25, 0.3) is 33.0 Å². The van der Waals surface area contributed by atoms with Gasteiger partial charge in [0, 0.05) is 36.0 Å². The van der Waals surface area contributed by atoms with E-state index in [4.69, 9.17) is 16.3 Å². The maximum atomic E-state index is 15.2. The van der Waals surface area contributed by atoms with Crippen LogP contribution in [0.4, 0.5) is 10.1 Å². The Hall–Kier alpha value is -3.80. The first-order chi connectivity index (χ1) is 18.0. The molecule has 8 heteroatoms. The van der Waals surface area contributed by atoms with E-state index in [9.17, 15) is 5.11 Å². The molecule has 1 saturated heterocycles. The second-order valence-electron chi connectivity index (χ2n) is 10.1. The number of fused-ring (bicyclic) bond motifs is 2. The smallest absolute Gasteiger partial charge is 0.259 e. The Balaban J connectivity index is 1.49. The van der Waals surface area contributed by atoms with E-state index in [0.29, 0.717) is 65.1 Å². The van der Waals surface area contributed by atoms with Crippen LogP contribution < -0.4 is 4.74 Å². The number of aryl methyl sites for hydroxylation is 1. The number of aliphatic hydroxyl groups excluding tert-OH is 1. The lowest BCUT2D eigenvalue weighted by Crippen LogP contribution is -2.34. The molecule has 6 rings (SSSR count). The quantitative estimate of drug-likeness (QED) is 0.371. The molecule has 2 aliphatic rings. The van der Waals surface area contributed by atoms with Crippen LogP contribution >= 0.6 is 0 Å². The summed E-state index contributed by atoms with van der Waals surface area (Å²) in [6.45, 7) is 9.93. The van der Waals surface area contributed by atoms with Crippen molar-refractivity contribution in [3.63, 3.8) is 0 Å². The first-order valence-corrected chi connectivity index (χ1v) is 12.7. The van der Waals surface area contributed by atoms with Crippen molar-refractivity contribution in [3.8, 4) is 28.4 Å². The first kappa shape index (κ1) is 23.6. The minimum Gasteiger partial charge on any atom is -0.475 e. The SMILES string of the molecule is [C-]#[N+]c1ccc(-c2nc(OC[C@@H]3CCCN(C)C3)c3nccn3c2-c2cc(F)c3c(c2)CCC3O)cc1. The van der Waals surface area contributed by atoms with Crippen LogP contribution in [0.3, 0.4) is 0 Å². The average molecular weight is 498 g/mol. The molecule has 2 atom stereocenters. The summed E-state index contributed by atoms with van der Waals surface area (Å²) < 4.78 is 23.4. The first-order valence-electron chi connectivity index (χ1n) is 12.7. The number of hydrogen-bond acceptors (Lipinski definition) is 5. The topological polar surface area (TPSA) is 67.2 Å². The van der Waals surface area contributed by atoms with E-state index in [2.05, 4.69) is 21.8 Å². The number of imidazole rings is 1. The molecule has 4 aromatic rings. The average Bonchev–Trinajstić information content (AvgIpc) is 3.54. The van der Waals surface area contributed by atoms with Crippen LogP contribution in [-0.4, -0.2) is 51.1 Å². The van der Waals surface area contributed by atoms with E-state index in [-0.39, 0.29) is 0 Å². The molecule has 0 radical (unpaired) electrons. The zero-order valence-electron chi connectivity index (χ0n) is 20.7. The Morgan fingerprint density at radius 2 is 2.03 bits per heavy atom. The lowest BCUT2D eigenvalue weighted by molar-refractivity contribution is 0.148. The molecule has 2 aromatic heterocycles. The third-order valence-electron chi connectivity index (χ3n) is 7.47. The van der Waals surface area contributed by atoms with Gasteiger partial charge in [0.2, 0.25) is 5.65 Å². The molecule has 0 amide bonds. The van der Waals surface area contributed by atoms with Crippen LogP contribution in [0.2, 0.25) is 0 Å². The maximum Gasteiger partial charge on any atom is 0.259 e. The number of halogens is 1. The fraction of sp³-hybridized carbons (Fsp3) is 0.345. The van der Waals surface area contributed by atoms with Gasteiger partial charge in [0.05, 0.1) is 30.7 Å². The third-order valence-corrected chi connectivity index (χ3v) is 7.47. The van der Waals surface area contributed by atoms with Gasteiger partial charge in [-0.3, -0.25) is 4.40 Å². The number of piperidine rings is 1. The zero-order valence-corrected chi connectivity index (χ0v) is 20.7. The number of ether oxygens (including phenoxy) is 1. The second-order valence-corrected chi connectivity index (χ2v) is 10.1. The Morgan fingerprint density at radius 3 is 2.81 bits per heavy atom. The van der Waals surface area contributed by atoms with Gasteiger partial charge < -0.3 is 14.7 Å². The van der Waals surface area contributed by atoms with Gasteiger partial charge >= 0.3 is 0 Å². The monoisotopic (exact) mass is 497 g/mol. The lowest BCUT2D eigenvalue weighted by atomic mass is 9.99. The molecular formula is C29H28FN5O2. The van der Waals surface area contributed by atoms with Gasteiger partial charge in [0.1, 0.15) is 5.82 Å². The van der Waals surface area contributed by atoms with E-state index < -0.39 is 11.9 Å². The summed E-state index contributed by atoms with van der Waals surface area (Å²) in [5.74, 6) is 0.430. The summed E-state index contributed by atoms with van der Waals surface area (Å²) in [4.78, 5) is 15.3. The van der Waals surface area contributed by atoms with Crippen molar-refractivity contribution in [2.75, 3.05) is 26.7 Å². The number of nitrogens with zero attached hydrogens (tertiary/aromatic N) is 5.